The van der Waals surface area contributed by atoms with Gasteiger partial charge in [-0.2, -0.15) is 0 Å². The van der Waals surface area contributed by atoms with E-state index in [4.69, 9.17) is 4.74 Å². The smallest absolute Gasteiger partial charge is 0.331 e. The van der Waals surface area contributed by atoms with Crippen LogP contribution in [0.25, 0.3) is 0 Å². The minimum Gasteiger partial charge on any atom is -0.497 e. The second-order valence-electron chi connectivity index (χ2n) is 6.31. The van der Waals surface area contributed by atoms with Crippen molar-refractivity contribution in [2.24, 2.45) is 10.9 Å². The van der Waals surface area contributed by atoms with Crippen LogP contribution in [0.2, 0.25) is 0 Å². The maximum atomic E-state index is 12.6. The lowest BCUT2D eigenvalue weighted by Gasteiger charge is -2.28. The number of amides is 4. The number of aliphatic imine (C=N–C) groups is 1. The third-order valence-electron chi connectivity index (χ3n) is 4.64. The summed E-state index contributed by atoms with van der Waals surface area (Å²) in [4.78, 5) is 43.4. The van der Waals surface area contributed by atoms with E-state index in [1.807, 2.05) is 0 Å². The van der Waals surface area contributed by atoms with E-state index < -0.39 is 23.8 Å². The first-order valence-corrected chi connectivity index (χ1v) is 9.12. The van der Waals surface area contributed by atoms with Crippen LogP contribution >= 0.6 is 0 Å². The van der Waals surface area contributed by atoms with Crippen molar-refractivity contribution >= 4 is 24.1 Å². The number of urea groups is 1. The summed E-state index contributed by atoms with van der Waals surface area (Å²) in [6, 6.07) is 6.33. The van der Waals surface area contributed by atoms with Gasteiger partial charge in [0.25, 0.3) is 0 Å². The predicted octanol–water partition coefficient (Wildman–Crippen LogP) is -0.115. The molecule has 0 bridgehead atoms. The number of hydrogen-bond donors (Lipinski definition) is 2. The SMILES string of the molecule is CC[NH+](CC)CCN=CC1C(=O)NC(=O)N(Cc2ccc(OC)cc2)C1=O. The van der Waals surface area contributed by atoms with Gasteiger partial charge in [0, 0.05) is 6.21 Å². The Morgan fingerprint density at radius 1 is 1.19 bits per heavy atom. The van der Waals surface area contributed by atoms with Crippen molar-refractivity contribution in [3.05, 3.63) is 29.8 Å². The largest absolute Gasteiger partial charge is 0.497 e. The van der Waals surface area contributed by atoms with Crippen LogP contribution in [-0.2, 0) is 16.1 Å². The lowest BCUT2D eigenvalue weighted by molar-refractivity contribution is -0.894. The number of rotatable bonds is 9. The summed E-state index contributed by atoms with van der Waals surface area (Å²) in [6.07, 6.45) is 1.36. The van der Waals surface area contributed by atoms with E-state index in [-0.39, 0.29) is 6.54 Å². The summed E-state index contributed by atoms with van der Waals surface area (Å²) in [5.41, 5.74) is 0.759. The Kier molecular flexibility index (Phi) is 7.48. The van der Waals surface area contributed by atoms with Crippen LogP contribution in [0.4, 0.5) is 4.79 Å². The first-order chi connectivity index (χ1) is 13.0. The number of nitrogens with zero attached hydrogens (tertiary/aromatic N) is 2. The number of methoxy groups -OCH3 is 1. The third-order valence-corrected chi connectivity index (χ3v) is 4.64. The zero-order valence-corrected chi connectivity index (χ0v) is 16.0. The molecule has 1 aromatic carbocycles. The lowest BCUT2D eigenvalue weighted by Crippen LogP contribution is -3.11. The Labute approximate surface area is 159 Å². The summed E-state index contributed by atoms with van der Waals surface area (Å²) < 4.78 is 5.10. The molecule has 8 heteroatoms. The molecule has 1 heterocycles. The normalized spacial score (nSPS) is 17.7. The minimum absolute atomic E-state index is 0.0792. The van der Waals surface area contributed by atoms with Gasteiger partial charge in [-0.15, -0.1) is 0 Å². The van der Waals surface area contributed by atoms with E-state index in [2.05, 4.69) is 24.2 Å². The van der Waals surface area contributed by atoms with Crippen molar-refractivity contribution in [1.29, 1.82) is 0 Å². The molecule has 1 unspecified atom stereocenters. The molecule has 0 aliphatic carbocycles. The number of barbiturate groups is 1. The van der Waals surface area contributed by atoms with Crippen molar-refractivity contribution in [2.45, 2.75) is 20.4 Å². The van der Waals surface area contributed by atoms with Gasteiger partial charge in [-0.3, -0.25) is 24.8 Å². The molecule has 146 valence electrons. The van der Waals surface area contributed by atoms with Crippen molar-refractivity contribution in [1.82, 2.24) is 10.2 Å². The summed E-state index contributed by atoms with van der Waals surface area (Å²) in [5.74, 6) is -1.58. The average Bonchev–Trinajstić information content (AvgIpc) is 2.67. The Balaban J connectivity index is 2.03. The highest BCUT2D eigenvalue weighted by Crippen LogP contribution is 2.16. The lowest BCUT2D eigenvalue weighted by atomic mass is 10.1. The molecule has 8 nitrogen and oxygen atoms in total. The fourth-order valence-electron chi connectivity index (χ4n) is 2.83. The number of nitrogens with one attached hydrogen (secondary N) is 2. The van der Waals surface area contributed by atoms with E-state index in [0.717, 1.165) is 30.1 Å². The van der Waals surface area contributed by atoms with Gasteiger partial charge in [-0.25, -0.2) is 4.79 Å². The van der Waals surface area contributed by atoms with Crippen molar-refractivity contribution in [3.8, 4) is 5.75 Å². The maximum absolute atomic E-state index is 12.6. The molecule has 0 aromatic heterocycles. The second-order valence-corrected chi connectivity index (χ2v) is 6.31. The van der Waals surface area contributed by atoms with Gasteiger partial charge < -0.3 is 9.64 Å². The molecule has 1 aromatic rings. The summed E-state index contributed by atoms with van der Waals surface area (Å²) in [5, 5.41) is 2.23. The van der Waals surface area contributed by atoms with Gasteiger partial charge in [-0.1, -0.05) is 12.1 Å². The first kappa shape index (κ1) is 20.6. The van der Waals surface area contributed by atoms with E-state index in [1.54, 1.807) is 31.4 Å². The third kappa shape index (κ3) is 5.37. The Morgan fingerprint density at radius 3 is 2.44 bits per heavy atom. The first-order valence-electron chi connectivity index (χ1n) is 9.12. The quantitative estimate of drug-likeness (QED) is 0.465. The zero-order valence-electron chi connectivity index (χ0n) is 16.0. The van der Waals surface area contributed by atoms with Crippen LogP contribution in [0, 0.1) is 5.92 Å². The second kappa shape index (κ2) is 9.82. The number of quaternary nitrogens is 1. The summed E-state index contributed by atoms with van der Waals surface area (Å²) >= 11 is 0. The number of imide groups is 2. The fraction of sp³-hybridized carbons (Fsp3) is 0.474. The molecule has 1 saturated heterocycles. The van der Waals surface area contributed by atoms with Crippen molar-refractivity contribution in [3.63, 3.8) is 0 Å². The molecule has 0 radical (unpaired) electrons. The highest BCUT2D eigenvalue weighted by atomic mass is 16.5. The van der Waals surface area contributed by atoms with E-state index in [1.165, 1.54) is 11.1 Å². The molecule has 4 amide bonds. The average molecular weight is 375 g/mol. The van der Waals surface area contributed by atoms with Gasteiger partial charge in [0.1, 0.15) is 5.75 Å². The molecule has 2 N–H and O–H groups in total. The predicted molar refractivity (Wildman–Crippen MR) is 101 cm³/mol. The van der Waals surface area contributed by atoms with E-state index >= 15 is 0 Å². The Bertz CT molecular complexity index is 698. The number of carbonyl (C=O) groups is 3. The molecule has 2 rings (SSSR count). The number of carbonyl (C=O) groups excluding carboxylic acids is 3. The highest BCUT2D eigenvalue weighted by Gasteiger charge is 2.39. The number of likely N-dealkylation sites (N-methyl/N-ethyl adjacent to an activating group) is 1. The van der Waals surface area contributed by atoms with Crippen molar-refractivity contribution in [2.75, 3.05) is 33.3 Å². The Hall–Kier alpha value is -2.74. The van der Waals surface area contributed by atoms with Crippen LogP contribution in [-0.4, -0.2) is 62.2 Å². The number of benzene rings is 1. The monoisotopic (exact) mass is 375 g/mol. The van der Waals surface area contributed by atoms with Crippen molar-refractivity contribution < 1.29 is 24.0 Å². The molecule has 1 fully saturated rings. The van der Waals surface area contributed by atoms with Gasteiger partial charge in [0.05, 0.1) is 39.8 Å². The topological polar surface area (TPSA) is 92.5 Å². The standard InChI is InChI=1S/C19H26N4O4/c1-4-22(5-2)11-10-20-12-16-17(24)21-19(26)23(18(16)25)13-14-6-8-15(27-3)9-7-14/h6-9,12,16H,4-5,10-11,13H2,1-3H3,(H,21,24,26)/p+1. The highest BCUT2D eigenvalue weighted by molar-refractivity contribution is 6.23. The van der Waals surface area contributed by atoms with E-state index in [0.29, 0.717) is 12.3 Å². The van der Waals surface area contributed by atoms with Gasteiger partial charge in [0.15, 0.2) is 5.92 Å². The summed E-state index contributed by atoms with van der Waals surface area (Å²) in [7, 11) is 1.56. The van der Waals surface area contributed by atoms with Crippen LogP contribution < -0.4 is 15.0 Å². The summed E-state index contributed by atoms with van der Waals surface area (Å²) in [6.45, 7) is 7.64. The van der Waals surface area contributed by atoms with Crippen LogP contribution in [0.3, 0.4) is 0 Å². The van der Waals surface area contributed by atoms with Crippen LogP contribution in [0.1, 0.15) is 19.4 Å². The molecule has 1 aliphatic rings. The molecule has 1 aliphatic heterocycles. The minimum atomic E-state index is -1.08. The van der Waals surface area contributed by atoms with E-state index in [9.17, 15) is 14.4 Å². The number of ether oxygens (including phenoxy) is 1. The molecular formula is C19H27N4O4+. The Morgan fingerprint density at radius 2 is 1.85 bits per heavy atom. The van der Waals surface area contributed by atoms with Gasteiger partial charge in [-0.05, 0) is 31.5 Å². The zero-order chi connectivity index (χ0) is 19.8. The number of hydrogen-bond acceptors (Lipinski definition) is 5. The molecule has 27 heavy (non-hydrogen) atoms. The molecule has 1 atom stereocenters. The van der Waals surface area contributed by atoms with Gasteiger partial charge in [0.2, 0.25) is 11.8 Å². The fourth-order valence-corrected chi connectivity index (χ4v) is 2.83. The molecular weight excluding hydrogens is 348 g/mol. The van der Waals surface area contributed by atoms with Crippen LogP contribution in [0.5, 0.6) is 5.75 Å². The van der Waals surface area contributed by atoms with Crippen LogP contribution in [0.15, 0.2) is 29.3 Å². The molecule has 0 spiro atoms. The van der Waals surface area contributed by atoms with Gasteiger partial charge >= 0.3 is 6.03 Å². The maximum Gasteiger partial charge on any atom is 0.331 e. The molecule has 0 saturated carbocycles.